The maximum Gasteiger partial charge on any atom is 0.296 e. The van der Waals surface area contributed by atoms with Crippen LogP contribution in [-0.2, 0) is 47.1 Å². The summed E-state index contributed by atoms with van der Waals surface area (Å²) >= 11 is 8.44. The van der Waals surface area contributed by atoms with Crippen molar-refractivity contribution < 1.29 is 66.8 Å². The van der Waals surface area contributed by atoms with Crippen LogP contribution in [0, 0.1) is 50.4 Å². The van der Waals surface area contributed by atoms with Crippen molar-refractivity contribution in [1.29, 1.82) is 10.5 Å². The van der Waals surface area contributed by atoms with Gasteiger partial charge in [0.1, 0.15) is 45.2 Å². The standard InChI is InChI=1S/C51H49ClN12O15S6/c1-28-16-40(60-63-48-31(4)35(26-54)50-55-49-43(64(50)51(48)66)19-32(27-65)20-47(49)85(76,77)78)44(79-10-5-13-82(67,68)69)22-37(28)57-61-41-18-30(3)39(24-46(41)81-12-7-15-84(73,74)75)59-62-42-17-29(2)38(23-45(42)80-11-6-14-83(70,71)72)58-56-36-9-8-34(52)21-33(36)25-53/h8-9,16-24,65-66H,5-7,10-15,27H2,1-4H3,(H,67,68,69)(H,70,71,72)(H,73,74,75)(H,76,77,78). The third kappa shape index (κ3) is 17.2. The summed E-state index contributed by atoms with van der Waals surface area (Å²) in [6.45, 7) is 5.53. The number of nitriles is 2. The Morgan fingerprint density at radius 2 is 1.11 bits per heavy atom. The molecule has 0 fully saturated rings. The highest BCUT2D eigenvalue weighted by Gasteiger charge is 2.26. The van der Waals surface area contributed by atoms with Crippen LogP contribution in [0.1, 0.15) is 58.2 Å². The van der Waals surface area contributed by atoms with Gasteiger partial charge < -0.3 is 14.9 Å². The number of nitrogens with zero attached hydrogens (tertiary/aromatic N) is 12. The van der Waals surface area contributed by atoms with Gasteiger partial charge >= 0.3 is 0 Å². The van der Waals surface area contributed by atoms with E-state index in [4.69, 9.17) is 16.3 Å². The highest BCUT2D eigenvalue weighted by Crippen LogP contribution is 2.44. The molecule has 5 aromatic carbocycles. The van der Waals surface area contributed by atoms with Gasteiger partial charge in [-0.25, -0.2) is 4.98 Å². The van der Waals surface area contributed by atoms with E-state index in [2.05, 4.69) is 45.9 Å². The predicted molar refractivity (Wildman–Crippen MR) is 316 cm³/mol. The van der Waals surface area contributed by atoms with E-state index in [-0.39, 0.29) is 110 Å². The summed E-state index contributed by atoms with van der Waals surface area (Å²) in [5, 5.41) is 77.3. The van der Waals surface area contributed by atoms with Gasteiger partial charge in [-0.1, -0.05) is 11.6 Å². The summed E-state index contributed by atoms with van der Waals surface area (Å²) in [6, 6.07) is 20.3. The molecule has 0 unspecified atom stereocenters. The number of azo groups is 4. The zero-order chi connectivity index (χ0) is 62.2. The Morgan fingerprint density at radius 3 is 1.61 bits per heavy atom. The Labute approximate surface area is 500 Å². The number of thioether (sulfide) groups is 2. The minimum Gasteiger partial charge on any atom is -0.493 e. The molecule has 85 heavy (non-hydrogen) atoms. The van der Waals surface area contributed by atoms with Crippen molar-refractivity contribution in [2.24, 2.45) is 40.9 Å². The lowest BCUT2D eigenvalue weighted by atomic mass is 10.1. The lowest BCUT2D eigenvalue weighted by Gasteiger charge is -2.12. The molecule has 0 aliphatic heterocycles. The number of halogens is 1. The third-order valence-corrected chi connectivity index (χ3v) is 17.9. The number of aryl methyl sites for hydroxylation is 3. The number of hydrogen-bond acceptors (Lipinski definition) is 24. The Bertz CT molecular complexity index is 4490. The summed E-state index contributed by atoms with van der Waals surface area (Å²) < 4.78 is 140. The second kappa shape index (κ2) is 27.3. The van der Waals surface area contributed by atoms with E-state index in [1.165, 1.54) is 60.8 Å². The van der Waals surface area contributed by atoms with Crippen LogP contribution >= 0.6 is 35.1 Å². The maximum atomic E-state index is 12.4. The number of hydrogen-bond donors (Lipinski definition) is 6. The number of aliphatic hydroxyl groups excluding tert-OH is 1. The molecular weight excluding hydrogens is 1250 g/mol. The van der Waals surface area contributed by atoms with Crippen molar-refractivity contribution in [3.05, 3.63) is 111 Å². The van der Waals surface area contributed by atoms with Crippen molar-refractivity contribution in [2.45, 2.75) is 68.3 Å². The number of aromatic hydroxyl groups is 1. The van der Waals surface area contributed by atoms with Gasteiger partial charge in [-0.3, -0.25) is 22.6 Å². The monoisotopic (exact) mass is 1300 g/mol. The molecule has 27 nitrogen and oxygen atoms in total. The van der Waals surface area contributed by atoms with Crippen LogP contribution in [0.4, 0.5) is 45.5 Å². The molecule has 2 heterocycles. The molecule has 0 saturated heterocycles. The van der Waals surface area contributed by atoms with Gasteiger partial charge in [0.15, 0.2) is 11.3 Å². The molecule has 6 N–H and O–H groups in total. The number of aliphatic hydroxyl groups is 1. The molecule has 2 aromatic heterocycles. The zero-order valence-corrected chi connectivity index (χ0v) is 50.6. The molecule has 0 saturated carbocycles. The summed E-state index contributed by atoms with van der Waals surface area (Å²) in [5.41, 5.74) is 2.41. The minimum absolute atomic E-state index is 0.0119. The highest BCUT2D eigenvalue weighted by atomic mass is 35.5. The van der Waals surface area contributed by atoms with E-state index in [1.807, 2.05) is 12.1 Å². The first-order valence-corrected chi connectivity index (χ1v) is 33.3. The second-order valence-electron chi connectivity index (χ2n) is 18.5. The van der Waals surface area contributed by atoms with Gasteiger partial charge in [0.05, 0.1) is 70.0 Å². The molecule has 0 aliphatic carbocycles. The Morgan fingerprint density at radius 1 is 0.612 bits per heavy atom. The van der Waals surface area contributed by atoms with E-state index >= 15 is 0 Å². The molecule has 0 radical (unpaired) electrons. The fraction of sp³-hybridized carbons (Fsp3) is 0.275. The first kappa shape index (κ1) is 65.2. The van der Waals surface area contributed by atoms with E-state index in [0.717, 1.165) is 10.5 Å². The van der Waals surface area contributed by atoms with Crippen LogP contribution in [0.2, 0.25) is 5.02 Å². The summed E-state index contributed by atoms with van der Waals surface area (Å²) in [6.07, 6.45) is -0.0886. The molecule has 7 aromatic rings. The highest BCUT2D eigenvalue weighted by molar-refractivity contribution is 7.99. The fourth-order valence-corrected chi connectivity index (χ4v) is 12.6. The second-order valence-corrected chi connectivity index (χ2v) is 27.3. The van der Waals surface area contributed by atoms with E-state index in [0.29, 0.717) is 48.6 Å². The molecule has 34 heteroatoms. The molecular formula is C51H49ClN12O15S6. The van der Waals surface area contributed by atoms with Gasteiger partial charge in [-0.05, 0) is 141 Å². The van der Waals surface area contributed by atoms with E-state index in [9.17, 15) is 72.6 Å². The van der Waals surface area contributed by atoms with Crippen LogP contribution < -0.4 is 4.74 Å². The SMILES string of the molecule is Cc1cc(N=Nc2cc(SCCCS(=O)(=O)O)c(N=Nc3cc(OCCCS(=O)(=O)O)c(N=Nc4c(C)c(C#N)c5nc6c(S(=O)(=O)O)cc(CO)cc6n5c4O)cc3C)cc2C)c(SCCCS(=O)(=O)O)cc1N=Nc1ccc(Cl)cc1C#N. The first-order valence-electron chi connectivity index (χ1n) is 24.7. The van der Waals surface area contributed by atoms with Gasteiger partial charge in [-0.15, -0.1) is 49.1 Å². The van der Waals surface area contributed by atoms with Crippen molar-refractivity contribution in [2.75, 3.05) is 35.4 Å². The van der Waals surface area contributed by atoms with Crippen LogP contribution in [0.25, 0.3) is 16.7 Å². The summed E-state index contributed by atoms with van der Waals surface area (Å²) in [4.78, 5) is 4.50. The van der Waals surface area contributed by atoms with Crippen molar-refractivity contribution >= 4 is 138 Å². The number of benzene rings is 5. The number of imidazole rings is 1. The average molecular weight is 1300 g/mol. The lowest BCUT2D eigenvalue weighted by molar-refractivity contribution is 0.281. The molecule has 7 rings (SSSR count). The molecule has 0 aliphatic rings. The Balaban J connectivity index is 1.28. The summed E-state index contributed by atoms with van der Waals surface area (Å²) in [7, 11) is -17.9. The Kier molecular flexibility index (Phi) is 21.0. The third-order valence-electron chi connectivity index (χ3n) is 12.1. The lowest BCUT2D eigenvalue weighted by Crippen LogP contribution is -2.08. The molecule has 0 spiro atoms. The first-order chi connectivity index (χ1) is 40.0. The van der Waals surface area contributed by atoms with Crippen LogP contribution in [0.3, 0.4) is 0 Å². The van der Waals surface area contributed by atoms with Crippen LogP contribution in [-0.4, -0.2) is 107 Å². The largest absolute Gasteiger partial charge is 0.493 e. The number of pyridine rings is 1. The van der Waals surface area contributed by atoms with Crippen LogP contribution in [0.5, 0.6) is 11.6 Å². The molecule has 0 atom stereocenters. The Hall–Kier alpha value is -7.38. The normalized spacial score (nSPS) is 12.7. The number of rotatable bonds is 25. The maximum absolute atomic E-state index is 12.4. The smallest absolute Gasteiger partial charge is 0.296 e. The quantitative estimate of drug-likeness (QED) is 0.0134. The van der Waals surface area contributed by atoms with E-state index < -0.39 is 75.1 Å². The topological polar surface area (TPSA) is 431 Å². The summed E-state index contributed by atoms with van der Waals surface area (Å²) in [5.74, 6) is -2.04. The zero-order valence-electron chi connectivity index (χ0n) is 45.0. The van der Waals surface area contributed by atoms with Gasteiger partial charge in [-0.2, -0.15) is 59.5 Å². The fourth-order valence-electron chi connectivity index (χ4n) is 7.96. The van der Waals surface area contributed by atoms with Crippen LogP contribution in [0.15, 0.2) is 122 Å². The number of aromatic nitrogens is 2. The predicted octanol–water partition coefficient (Wildman–Crippen LogP) is 12.6. The number of fused-ring (bicyclic) bond motifs is 3. The van der Waals surface area contributed by atoms with Gasteiger partial charge in [0, 0.05) is 26.4 Å². The van der Waals surface area contributed by atoms with Crippen molar-refractivity contribution in [1.82, 2.24) is 9.38 Å². The van der Waals surface area contributed by atoms with Gasteiger partial charge in [0.25, 0.3) is 40.5 Å². The number of ether oxygens (including phenoxy) is 1. The van der Waals surface area contributed by atoms with Gasteiger partial charge in [0.2, 0.25) is 5.88 Å². The average Bonchev–Trinajstić information content (AvgIpc) is 1.71. The molecule has 0 bridgehead atoms. The minimum atomic E-state index is -4.94. The molecule has 0 amide bonds. The van der Waals surface area contributed by atoms with E-state index in [1.54, 1.807) is 51.1 Å². The molecule has 446 valence electrons. The van der Waals surface area contributed by atoms with Crippen molar-refractivity contribution in [3.8, 4) is 23.8 Å². The van der Waals surface area contributed by atoms with Crippen molar-refractivity contribution in [3.63, 3.8) is 0 Å².